The number of nitrogens with zero attached hydrogens (tertiary/aromatic N) is 1. The highest BCUT2D eigenvalue weighted by molar-refractivity contribution is 5.98. The molecule has 1 unspecified atom stereocenters. The van der Waals surface area contributed by atoms with Gasteiger partial charge in [-0.15, -0.1) is 0 Å². The van der Waals surface area contributed by atoms with Gasteiger partial charge >= 0.3 is 0 Å². The number of Topliss-reactive ketones (excluding diaryl/α,β-unsaturated/α-hetero) is 1. The zero-order valence-electron chi connectivity index (χ0n) is 14.5. The highest BCUT2D eigenvalue weighted by atomic mass is 16.2. The number of benzene rings is 1. The third-order valence-corrected chi connectivity index (χ3v) is 4.91. The molecule has 126 valence electrons. The first-order valence-electron chi connectivity index (χ1n) is 8.49. The van der Waals surface area contributed by atoms with Crippen LogP contribution in [0.15, 0.2) is 24.3 Å². The number of carbonyl (C=O) groups is 2. The molecule has 2 N–H and O–H groups in total. The van der Waals surface area contributed by atoms with Crippen LogP contribution in [0.5, 0.6) is 0 Å². The Bertz CT molecular complexity index is 563. The van der Waals surface area contributed by atoms with Crippen LogP contribution in [0.2, 0.25) is 0 Å². The van der Waals surface area contributed by atoms with E-state index in [-0.39, 0.29) is 36.0 Å². The van der Waals surface area contributed by atoms with Gasteiger partial charge in [-0.2, -0.15) is 0 Å². The maximum Gasteiger partial charge on any atom is 0.223 e. The Labute approximate surface area is 139 Å². The second-order valence-corrected chi connectivity index (χ2v) is 7.17. The number of piperidine rings is 1. The van der Waals surface area contributed by atoms with E-state index < -0.39 is 0 Å². The Balaban J connectivity index is 1.87. The van der Waals surface area contributed by atoms with Crippen LogP contribution in [0.1, 0.15) is 56.0 Å². The standard InChI is InChI=1S/C19H28N2O2/c1-4-14-5-7-15(8-6-14)16(22)9-10-18(23)21-12-11-17(20)19(2,3)13-21/h5-8,17H,4,9-13,20H2,1-3H3. The van der Waals surface area contributed by atoms with Crippen LogP contribution in [0.3, 0.4) is 0 Å². The molecule has 0 spiro atoms. The Morgan fingerprint density at radius 1 is 1.22 bits per heavy atom. The minimum atomic E-state index is -0.0616. The van der Waals surface area contributed by atoms with E-state index >= 15 is 0 Å². The third kappa shape index (κ3) is 4.41. The molecular weight excluding hydrogens is 288 g/mol. The van der Waals surface area contributed by atoms with Crippen molar-refractivity contribution < 1.29 is 9.59 Å². The van der Waals surface area contributed by atoms with E-state index in [1.807, 2.05) is 29.2 Å². The molecule has 0 aliphatic carbocycles. The van der Waals surface area contributed by atoms with Gasteiger partial charge in [-0.05, 0) is 23.8 Å². The van der Waals surface area contributed by atoms with E-state index in [0.29, 0.717) is 18.7 Å². The van der Waals surface area contributed by atoms with E-state index in [1.54, 1.807) is 0 Å². The van der Waals surface area contributed by atoms with Gasteiger partial charge in [-0.25, -0.2) is 0 Å². The van der Waals surface area contributed by atoms with Gasteiger partial charge in [0.25, 0.3) is 0 Å². The molecule has 0 saturated carbocycles. The summed E-state index contributed by atoms with van der Waals surface area (Å²) < 4.78 is 0. The Morgan fingerprint density at radius 2 is 1.87 bits per heavy atom. The van der Waals surface area contributed by atoms with Crippen LogP contribution >= 0.6 is 0 Å². The van der Waals surface area contributed by atoms with Gasteiger partial charge in [0.05, 0.1) is 0 Å². The predicted octanol–water partition coefficient (Wildman–Crippen LogP) is 2.80. The molecule has 1 saturated heterocycles. The van der Waals surface area contributed by atoms with Crippen molar-refractivity contribution >= 4 is 11.7 Å². The number of aryl methyl sites for hydroxylation is 1. The summed E-state index contributed by atoms with van der Waals surface area (Å²) in [5.74, 6) is 0.0949. The summed E-state index contributed by atoms with van der Waals surface area (Å²) in [5.41, 5.74) is 7.95. The predicted molar refractivity (Wildman–Crippen MR) is 92.3 cm³/mol. The lowest BCUT2D eigenvalue weighted by atomic mass is 9.79. The SMILES string of the molecule is CCc1ccc(C(=O)CCC(=O)N2CCC(N)C(C)(C)C2)cc1. The van der Waals surface area contributed by atoms with Gasteiger partial charge in [0.2, 0.25) is 5.91 Å². The van der Waals surface area contributed by atoms with Crippen LogP contribution in [-0.4, -0.2) is 35.7 Å². The number of ketones is 1. The summed E-state index contributed by atoms with van der Waals surface area (Å²) >= 11 is 0. The van der Waals surface area contributed by atoms with Gasteiger partial charge in [0, 0.05) is 37.5 Å². The fourth-order valence-electron chi connectivity index (χ4n) is 3.04. The van der Waals surface area contributed by atoms with E-state index in [9.17, 15) is 9.59 Å². The Morgan fingerprint density at radius 3 is 2.43 bits per heavy atom. The zero-order valence-corrected chi connectivity index (χ0v) is 14.5. The van der Waals surface area contributed by atoms with Crippen LogP contribution in [0.25, 0.3) is 0 Å². The summed E-state index contributed by atoms with van der Waals surface area (Å²) in [5, 5.41) is 0. The molecule has 0 aromatic heterocycles. The molecule has 1 atom stereocenters. The van der Waals surface area contributed by atoms with Gasteiger partial charge in [0.15, 0.2) is 5.78 Å². The largest absolute Gasteiger partial charge is 0.342 e. The van der Waals surface area contributed by atoms with E-state index in [0.717, 1.165) is 12.8 Å². The number of carbonyl (C=O) groups excluding carboxylic acids is 2. The molecule has 1 aliphatic rings. The number of rotatable bonds is 5. The van der Waals surface area contributed by atoms with Crippen molar-refractivity contribution in [2.75, 3.05) is 13.1 Å². The van der Waals surface area contributed by atoms with E-state index in [2.05, 4.69) is 20.8 Å². The van der Waals surface area contributed by atoms with Crippen molar-refractivity contribution in [3.8, 4) is 0 Å². The monoisotopic (exact) mass is 316 g/mol. The molecule has 2 rings (SSSR count). The molecule has 1 heterocycles. The first kappa shape index (κ1) is 17.7. The summed E-state index contributed by atoms with van der Waals surface area (Å²) in [6, 6.07) is 7.79. The molecule has 1 aromatic rings. The van der Waals surface area contributed by atoms with Crippen molar-refractivity contribution in [2.45, 2.75) is 52.5 Å². The number of hydrogen-bond acceptors (Lipinski definition) is 3. The van der Waals surface area contributed by atoms with Crippen LogP contribution in [-0.2, 0) is 11.2 Å². The lowest BCUT2D eigenvalue weighted by molar-refractivity contribution is -0.134. The fourth-order valence-corrected chi connectivity index (χ4v) is 3.04. The summed E-state index contributed by atoms with van der Waals surface area (Å²) in [6.07, 6.45) is 2.33. The topological polar surface area (TPSA) is 63.4 Å². The molecule has 0 bridgehead atoms. The average Bonchev–Trinajstić information content (AvgIpc) is 2.54. The second kappa shape index (κ2) is 7.26. The maximum atomic E-state index is 12.4. The molecule has 1 aromatic carbocycles. The second-order valence-electron chi connectivity index (χ2n) is 7.17. The number of likely N-dealkylation sites (tertiary alicyclic amines) is 1. The van der Waals surface area contributed by atoms with Crippen molar-refractivity contribution in [3.05, 3.63) is 35.4 Å². The van der Waals surface area contributed by atoms with Gasteiger partial charge in [-0.3, -0.25) is 9.59 Å². The molecule has 1 aliphatic heterocycles. The number of nitrogens with two attached hydrogens (primary N) is 1. The fraction of sp³-hybridized carbons (Fsp3) is 0.579. The van der Waals surface area contributed by atoms with Gasteiger partial charge < -0.3 is 10.6 Å². The first-order chi connectivity index (χ1) is 10.8. The Hall–Kier alpha value is -1.68. The van der Waals surface area contributed by atoms with Crippen LogP contribution in [0.4, 0.5) is 0 Å². The molecular formula is C19H28N2O2. The average molecular weight is 316 g/mol. The lowest BCUT2D eigenvalue weighted by Crippen LogP contribution is -2.54. The summed E-state index contributed by atoms with van der Waals surface area (Å²) in [7, 11) is 0. The normalized spacial score (nSPS) is 20.3. The molecule has 0 radical (unpaired) electrons. The van der Waals surface area contributed by atoms with Crippen molar-refractivity contribution in [1.82, 2.24) is 4.90 Å². The van der Waals surface area contributed by atoms with Crippen molar-refractivity contribution in [3.63, 3.8) is 0 Å². The van der Waals surface area contributed by atoms with Crippen LogP contribution in [0, 0.1) is 5.41 Å². The maximum absolute atomic E-state index is 12.4. The van der Waals surface area contributed by atoms with E-state index in [4.69, 9.17) is 5.73 Å². The molecule has 4 heteroatoms. The minimum Gasteiger partial charge on any atom is -0.342 e. The highest BCUT2D eigenvalue weighted by Crippen LogP contribution is 2.28. The molecule has 1 fully saturated rings. The van der Waals surface area contributed by atoms with Crippen molar-refractivity contribution in [1.29, 1.82) is 0 Å². The first-order valence-corrected chi connectivity index (χ1v) is 8.49. The third-order valence-electron chi connectivity index (χ3n) is 4.91. The highest BCUT2D eigenvalue weighted by Gasteiger charge is 2.35. The summed E-state index contributed by atoms with van der Waals surface area (Å²) in [6.45, 7) is 7.64. The smallest absolute Gasteiger partial charge is 0.223 e. The van der Waals surface area contributed by atoms with Crippen molar-refractivity contribution in [2.24, 2.45) is 11.1 Å². The number of amides is 1. The molecule has 4 nitrogen and oxygen atoms in total. The van der Waals surface area contributed by atoms with E-state index in [1.165, 1.54) is 5.56 Å². The lowest BCUT2D eigenvalue weighted by Gasteiger charge is -2.42. The molecule has 23 heavy (non-hydrogen) atoms. The molecule has 1 amide bonds. The minimum absolute atomic E-state index is 0.0361. The summed E-state index contributed by atoms with van der Waals surface area (Å²) in [4.78, 5) is 26.4. The van der Waals surface area contributed by atoms with Crippen LogP contribution < -0.4 is 5.73 Å². The zero-order chi connectivity index (χ0) is 17.0. The van der Waals surface area contributed by atoms with Gasteiger partial charge in [0.1, 0.15) is 0 Å². The quantitative estimate of drug-likeness (QED) is 0.850. The Kier molecular flexibility index (Phi) is 5.58. The number of hydrogen-bond donors (Lipinski definition) is 1. The van der Waals surface area contributed by atoms with Gasteiger partial charge in [-0.1, -0.05) is 45.0 Å².